The highest BCUT2D eigenvalue weighted by atomic mass is 32.3. The van der Waals surface area contributed by atoms with Gasteiger partial charge in [-0.15, -0.1) is 10.2 Å². The normalized spacial score (nSPS) is 29.9. The summed E-state index contributed by atoms with van der Waals surface area (Å²) in [6.45, 7) is 1.12. The number of amides is 2. The predicted molar refractivity (Wildman–Crippen MR) is 279 cm³/mol. The van der Waals surface area contributed by atoms with E-state index in [1.807, 2.05) is 6.07 Å². The molecule has 3 aromatic rings. The van der Waals surface area contributed by atoms with Crippen molar-refractivity contribution in [1.82, 2.24) is 40.6 Å². The number of carbonyl (C=O) groups is 4. The quantitative estimate of drug-likeness (QED) is 0.0342. The molecule has 0 spiro atoms. The molecular formula is C50H74N8O22S2. The van der Waals surface area contributed by atoms with Crippen molar-refractivity contribution >= 4 is 44.4 Å². The molecular weight excluding hydrogens is 1130 g/mol. The van der Waals surface area contributed by atoms with Crippen LogP contribution in [0.15, 0.2) is 42.7 Å². The summed E-state index contributed by atoms with van der Waals surface area (Å²) in [6.07, 6.45) is -8.94. The Bertz CT molecular complexity index is 2800. The molecule has 4 fully saturated rings. The fourth-order valence-electron chi connectivity index (χ4n) is 11.2. The minimum absolute atomic E-state index is 0.000893. The molecule has 32 heteroatoms. The molecule has 458 valence electrons. The van der Waals surface area contributed by atoms with Gasteiger partial charge in [0.15, 0.2) is 18.1 Å². The van der Waals surface area contributed by atoms with Crippen molar-refractivity contribution in [2.75, 3.05) is 26.4 Å². The van der Waals surface area contributed by atoms with Crippen molar-refractivity contribution in [3.63, 3.8) is 0 Å². The summed E-state index contributed by atoms with van der Waals surface area (Å²) in [5.41, 5.74) is -0.735. The fraction of sp³-hybridized carbons (Fsp3) is 0.720. The molecule has 1 saturated heterocycles. The molecule has 30 nitrogen and oxygen atoms in total. The van der Waals surface area contributed by atoms with Gasteiger partial charge >= 0.3 is 26.8 Å². The monoisotopic (exact) mass is 1200 g/mol. The summed E-state index contributed by atoms with van der Waals surface area (Å²) in [5.74, 6) is -4.53. The molecule has 10 N–H and O–H groups in total. The Morgan fingerprint density at radius 1 is 0.841 bits per heavy atom. The standard InChI is InChI=1S/C50H74N8O22S2/c1-27-17-36(42(63)44(65)41(27)62)77-45-34(58-22-32(53-56-58)30-13-8-5-9-14-30)19-31(35(61)15-10-16-51-47(66)33-21-57(55-54-33)24-50(3,25-75-81(69,70)71)26-76-82(72,73)74)20-37(45)79-49-40(52-28(2)60)46(43(64)39(23-59)80-49)78-38(48(67)68)18-29-11-6-4-7-12-29/h5,8-9,13-14,21-22,27,29,31,34,36-46,49,59,62-65H,4,6-7,10-12,15-20,23-26H2,1-3H3,(H,51,66)(H,52,60)(H,67,68)(H,69,70,71)(H,72,73,74)/t27?,31?,34?,36-,37-,38+,39+,40?,41-,42?,43+,44+,45-,46?,49-/m1/s1. The van der Waals surface area contributed by atoms with Crippen molar-refractivity contribution in [1.29, 1.82) is 0 Å². The van der Waals surface area contributed by atoms with Gasteiger partial charge in [-0.25, -0.2) is 17.8 Å². The Kier molecular flexibility index (Phi) is 22.2. The molecule has 82 heavy (non-hydrogen) atoms. The van der Waals surface area contributed by atoms with Crippen LogP contribution in [0, 0.1) is 23.2 Å². The lowest BCUT2D eigenvalue weighted by molar-refractivity contribution is -0.310. The zero-order valence-electron chi connectivity index (χ0n) is 45.4. The number of carboxylic acid groups (broad SMARTS) is 1. The molecule has 3 heterocycles. The zero-order chi connectivity index (χ0) is 59.7. The smallest absolute Gasteiger partial charge is 0.397 e. The Labute approximate surface area is 473 Å². The van der Waals surface area contributed by atoms with Crippen LogP contribution in [0.3, 0.4) is 0 Å². The molecule has 1 aromatic carbocycles. The van der Waals surface area contributed by atoms with Gasteiger partial charge in [-0.2, -0.15) is 16.8 Å². The number of hydrogen-bond donors (Lipinski definition) is 10. The maximum absolute atomic E-state index is 14.6. The predicted octanol–water partition coefficient (Wildman–Crippen LogP) is -0.435. The van der Waals surface area contributed by atoms with Crippen molar-refractivity contribution in [3.8, 4) is 11.3 Å². The second-order valence-electron chi connectivity index (χ2n) is 22.1. The number of nitrogens with zero attached hydrogens (tertiary/aromatic N) is 6. The summed E-state index contributed by atoms with van der Waals surface area (Å²) in [5, 5.41) is 87.8. The molecule has 15 atom stereocenters. The second-order valence-corrected chi connectivity index (χ2v) is 24.3. The van der Waals surface area contributed by atoms with Gasteiger partial charge in [0.05, 0.1) is 63.1 Å². The summed E-state index contributed by atoms with van der Waals surface area (Å²) in [6, 6.07) is 6.62. The van der Waals surface area contributed by atoms with Gasteiger partial charge in [0, 0.05) is 36.8 Å². The first-order valence-corrected chi connectivity index (χ1v) is 29.8. The Morgan fingerprint density at radius 3 is 2.16 bits per heavy atom. The lowest BCUT2D eigenvalue weighted by atomic mass is 9.77. The number of benzene rings is 1. The van der Waals surface area contributed by atoms with Gasteiger partial charge in [0.2, 0.25) is 5.91 Å². The third-order valence-electron chi connectivity index (χ3n) is 15.5. The van der Waals surface area contributed by atoms with Gasteiger partial charge in [0.1, 0.15) is 54.1 Å². The van der Waals surface area contributed by atoms with Crippen LogP contribution in [0.5, 0.6) is 0 Å². The van der Waals surface area contributed by atoms with Crippen LogP contribution in [0.2, 0.25) is 0 Å². The third kappa shape index (κ3) is 17.5. The van der Waals surface area contributed by atoms with E-state index in [2.05, 4.69) is 39.6 Å². The highest BCUT2D eigenvalue weighted by Crippen LogP contribution is 2.42. The number of nitrogens with one attached hydrogen (secondary N) is 2. The fourth-order valence-corrected chi connectivity index (χ4v) is 12.0. The van der Waals surface area contributed by atoms with Crippen molar-refractivity contribution < 1.29 is 103 Å². The number of aliphatic carboxylic acids is 1. The van der Waals surface area contributed by atoms with Gasteiger partial charge < -0.3 is 60.2 Å². The zero-order valence-corrected chi connectivity index (χ0v) is 47.0. The molecule has 2 aromatic heterocycles. The molecule has 0 bridgehead atoms. The summed E-state index contributed by atoms with van der Waals surface area (Å²) in [4.78, 5) is 53.8. The van der Waals surface area contributed by atoms with Gasteiger partial charge in [-0.1, -0.05) is 86.7 Å². The molecule has 3 saturated carbocycles. The van der Waals surface area contributed by atoms with Gasteiger partial charge in [-0.3, -0.25) is 28.2 Å². The molecule has 3 aliphatic carbocycles. The molecule has 2 amide bonds. The van der Waals surface area contributed by atoms with Crippen LogP contribution in [0.1, 0.15) is 108 Å². The molecule has 0 radical (unpaired) electrons. The van der Waals surface area contributed by atoms with E-state index in [0.717, 1.165) is 43.0 Å². The van der Waals surface area contributed by atoms with E-state index in [4.69, 9.17) is 28.1 Å². The maximum atomic E-state index is 14.6. The first-order chi connectivity index (χ1) is 38.7. The number of ketones is 1. The van der Waals surface area contributed by atoms with Crippen LogP contribution < -0.4 is 10.6 Å². The van der Waals surface area contributed by atoms with E-state index in [1.165, 1.54) is 18.5 Å². The second kappa shape index (κ2) is 28.2. The van der Waals surface area contributed by atoms with Crippen LogP contribution >= 0.6 is 0 Å². The largest absolute Gasteiger partial charge is 0.479 e. The van der Waals surface area contributed by atoms with E-state index in [1.54, 1.807) is 37.4 Å². The first-order valence-electron chi connectivity index (χ1n) is 27.1. The van der Waals surface area contributed by atoms with E-state index in [9.17, 15) is 66.7 Å². The van der Waals surface area contributed by atoms with Crippen molar-refractivity contribution in [3.05, 3.63) is 48.4 Å². The minimum atomic E-state index is -5.00. The number of rotatable bonds is 27. The Balaban J connectivity index is 1.16. The number of ether oxygens (including phenoxy) is 4. The van der Waals surface area contributed by atoms with Crippen LogP contribution in [-0.2, 0) is 69.0 Å². The number of Topliss-reactive ketones (excluding diaryl/α,β-unsaturated/α-hetero) is 1. The summed E-state index contributed by atoms with van der Waals surface area (Å²) >= 11 is 0. The summed E-state index contributed by atoms with van der Waals surface area (Å²) < 4.78 is 101. The number of carbonyl (C=O) groups excluding carboxylic acids is 3. The minimum Gasteiger partial charge on any atom is -0.479 e. The Morgan fingerprint density at radius 2 is 1.52 bits per heavy atom. The number of aliphatic hydroxyl groups excluding tert-OH is 5. The number of carboxylic acids is 1. The molecule has 1 aliphatic heterocycles. The third-order valence-corrected chi connectivity index (χ3v) is 16.3. The highest BCUT2D eigenvalue weighted by Gasteiger charge is 2.53. The summed E-state index contributed by atoms with van der Waals surface area (Å²) in [7, 11) is -10.0. The van der Waals surface area contributed by atoms with Crippen molar-refractivity contribution in [2.45, 2.75) is 177 Å². The van der Waals surface area contributed by atoms with E-state index in [-0.39, 0.29) is 62.5 Å². The van der Waals surface area contributed by atoms with Crippen LogP contribution in [-0.4, -0.2) is 210 Å². The topological polar surface area (TPSA) is 439 Å². The molecule has 4 aliphatic rings. The average Bonchev–Trinajstić information content (AvgIpc) is 4.22. The number of aromatic nitrogens is 6. The Hall–Kier alpha value is -5.04. The highest BCUT2D eigenvalue weighted by molar-refractivity contribution is 7.81. The molecule has 6 unspecified atom stereocenters. The average molecular weight is 1200 g/mol. The number of hydrogen-bond acceptors (Lipinski definition) is 23. The SMILES string of the molecule is CC(=O)NC1C(O[C@@H](CC2CCCCC2)C(=O)O)[C@@H](O)[C@H](CO)O[C@H]1O[C@@H]1CC(C(=O)CCCNC(=O)c2cn(CC(C)(COS(=O)(=O)O)COS(=O)(=O)O)nn2)CC(n2cc(-c3ccccc3)nn2)[C@H]1O[C@@H]1CC(C)[C@@H](O)[C@H](O)C1O. The van der Waals surface area contributed by atoms with E-state index >= 15 is 0 Å². The van der Waals surface area contributed by atoms with Gasteiger partial charge in [0.25, 0.3) is 5.91 Å². The van der Waals surface area contributed by atoms with E-state index < -0.39 is 162 Å². The van der Waals surface area contributed by atoms with Crippen LogP contribution in [0.25, 0.3) is 11.3 Å². The number of aliphatic hydroxyl groups is 5. The van der Waals surface area contributed by atoms with E-state index in [0.29, 0.717) is 11.3 Å². The van der Waals surface area contributed by atoms with Crippen LogP contribution in [0.4, 0.5) is 0 Å². The first kappa shape index (κ1) is 64.5. The van der Waals surface area contributed by atoms with Crippen molar-refractivity contribution in [2.24, 2.45) is 23.2 Å². The van der Waals surface area contributed by atoms with Gasteiger partial charge in [-0.05, 0) is 43.9 Å². The molecule has 7 rings (SSSR count). The lowest BCUT2D eigenvalue weighted by Crippen LogP contribution is -2.67. The maximum Gasteiger partial charge on any atom is 0.397 e. The lowest BCUT2D eigenvalue weighted by Gasteiger charge is -2.49.